The van der Waals surface area contributed by atoms with Crippen LogP contribution in [0, 0.1) is 12.8 Å². The fourth-order valence-corrected chi connectivity index (χ4v) is 5.08. The van der Waals surface area contributed by atoms with Crippen LogP contribution in [0.15, 0.2) is 35.0 Å². The van der Waals surface area contributed by atoms with Gasteiger partial charge in [0.25, 0.3) is 0 Å². The molecule has 3 heterocycles. The van der Waals surface area contributed by atoms with E-state index in [0.29, 0.717) is 39.3 Å². The van der Waals surface area contributed by atoms with Gasteiger partial charge in [-0.25, -0.2) is 0 Å². The van der Waals surface area contributed by atoms with Crippen molar-refractivity contribution in [1.29, 1.82) is 0 Å². The SMILES string of the molecule is CCOC(=O)C1CCCN(C(=O)CN2Cc3cc(C)ccc3OC(c3ccsc3)C2)C1. The Morgan fingerprint density at radius 2 is 2.13 bits per heavy atom. The molecule has 1 amide bonds. The van der Waals surface area contributed by atoms with E-state index in [1.165, 1.54) is 5.56 Å². The molecule has 0 spiro atoms. The molecule has 31 heavy (non-hydrogen) atoms. The summed E-state index contributed by atoms with van der Waals surface area (Å²) in [5.41, 5.74) is 3.42. The number of carbonyl (C=O) groups excluding carboxylic acids is 2. The van der Waals surface area contributed by atoms with Crippen LogP contribution < -0.4 is 4.74 Å². The predicted molar refractivity (Wildman–Crippen MR) is 120 cm³/mol. The number of rotatable bonds is 5. The number of likely N-dealkylation sites (tertiary alicyclic amines) is 1. The number of nitrogens with zero attached hydrogens (tertiary/aromatic N) is 2. The highest BCUT2D eigenvalue weighted by atomic mass is 32.1. The molecule has 0 aliphatic carbocycles. The Morgan fingerprint density at radius 1 is 1.26 bits per heavy atom. The van der Waals surface area contributed by atoms with Crippen LogP contribution in [-0.4, -0.2) is 54.5 Å². The van der Waals surface area contributed by atoms with Crippen LogP contribution in [0.4, 0.5) is 0 Å². The Balaban J connectivity index is 1.48. The third-order valence-electron chi connectivity index (χ3n) is 5.97. The Kier molecular flexibility index (Phi) is 6.92. The molecule has 0 radical (unpaired) electrons. The molecule has 2 aliphatic rings. The molecule has 2 aromatic rings. The van der Waals surface area contributed by atoms with E-state index in [1.807, 2.05) is 17.9 Å². The first-order valence-electron chi connectivity index (χ1n) is 11.0. The maximum atomic E-state index is 13.2. The smallest absolute Gasteiger partial charge is 0.310 e. The first-order chi connectivity index (χ1) is 15.0. The zero-order chi connectivity index (χ0) is 21.8. The summed E-state index contributed by atoms with van der Waals surface area (Å²) in [6.07, 6.45) is 1.50. The average molecular weight is 443 g/mol. The van der Waals surface area contributed by atoms with Crippen LogP contribution in [0.2, 0.25) is 0 Å². The van der Waals surface area contributed by atoms with Crippen LogP contribution in [0.25, 0.3) is 0 Å². The number of aryl methyl sites for hydroxylation is 1. The lowest BCUT2D eigenvalue weighted by atomic mass is 9.98. The lowest BCUT2D eigenvalue weighted by Crippen LogP contribution is -2.47. The Bertz CT molecular complexity index is 914. The molecule has 0 N–H and O–H groups in total. The summed E-state index contributed by atoms with van der Waals surface area (Å²) in [6.45, 7) is 7.03. The normalized spacial score (nSPS) is 21.7. The van der Waals surface area contributed by atoms with Gasteiger partial charge in [-0.1, -0.05) is 17.7 Å². The van der Waals surface area contributed by atoms with E-state index in [0.717, 1.165) is 29.7 Å². The Labute approximate surface area is 187 Å². The van der Waals surface area contributed by atoms with Crippen molar-refractivity contribution in [3.63, 3.8) is 0 Å². The third-order valence-corrected chi connectivity index (χ3v) is 6.67. The molecule has 2 aliphatic heterocycles. The highest BCUT2D eigenvalue weighted by Crippen LogP contribution is 2.32. The third kappa shape index (κ3) is 5.28. The van der Waals surface area contributed by atoms with E-state index >= 15 is 0 Å². The van der Waals surface area contributed by atoms with Crippen molar-refractivity contribution >= 4 is 23.2 Å². The number of hydrogen-bond donors (Lipinski definition) is 0. The fraction of sp³-hybridized carbons (Fsp3) is 0.500. The molecular weight excluding hydrogens is 412 g/mol. The highest BCUT2D eigenvalue weighted by Gasteiger charge is 2.31. The van der Waals surface area contributed by atoms with Crippen molar-refractivity contribution < 1.29 is 19.1 Å². The fourth-order valence-electron chi connectivity index (χ4n) is 4.38. The van der Waals surface area contributed by atoms with Gasteiger partial charge in [-0.2, -0.15) is 11.3 Å². The first kappa shape index (κ1) is 21.8. The Morgan fingerprint density at radius 3 is 2.90 bits per heavy atom. The number of piperidine rings is 1. The molecule has 1 aromatic heterocycles. The predicted octanol–water partition coefficient (Wildman–Crippen LogP) is 3.79. The summed E-state index contributed by atoms with van der Waals surface area (Å²) in [7, 11) is 0. The van der Waals surface area contributed by atoms with E-state index < -0.39 is 0 Å². The second kappa shape index (κ2) is 9.83. The van der Waals surface area contributed by atoms with Crippen LogP contribution in [-0.2, 0) is 20.9 Å². The largest absolute Gasteiger partial charge is 0.484 e. The molecular formula is C24H30N2O4S. The topological polar surface area (TPSA) is 59.1 Å². The number of amides is 1. The number of ether oxygens (including phenoxy) is 2. The highest BCUT2D eigenvalue weighted by molar-refractivity contribution is 7.07. The summed E-state index contributed by atoms with van der Waals surface area (Å²) in [5.74, 6) is 0.545. The molecule has 4 rings (SSSR count). The second-order valence-electron chi connectivity index (χ2n) is 8.37. The molecule has 6 nitrogen and oxygen atoms in total. The van der Waals surface area contributed by atoms with E-state index in [9.17, 15) is 9.59 Å². The molecule has 1 saturated heterocycles. The molecule has 1 aromatic carbocycles. The maximum Gasteiger partial charge on any atom is 0.310 e. The van der Waals surface area contributed by atoms with E-state index in [-0.39, 0.29) is 23.9 Å². The zero-order valence-electron chi connectivity index (χ0n) is 18.2. The molecule has 0 bridgehead atoms. The van der Waals surface area contributed by atoms with Gasteiger partial charge in [-0.15, -0.1) is 0 Å². The first-order valence-corrected chi connectivity index (χ1v) is 11.9. The number of carbonyl (C=O) groups is 2. The van der Waals surface area contributed by atoms with Gasteiger partial charge in [0, 0.05) is 37.3 Å². The van der Waals surface area contributed by atoms with Crippen molar-refractivity contribution in [3.8, 4) is 5.75 Å². The molecule has 0 saturated carbocycles. The second-order valence-corrected chi connectivity index (χ2v) is 9.15. The molecule has 1 fully saturated rings. The molecule has 166 valence electrons. The summed E-state index contributed by atoms with van der Waals surface area (Å²) in [5, 5.41) is 4.16. The molecule has 7 heteroatoms. The standard InChI is InChI=1S/C24H30N2O4S/c1-3-29-24(28)18-5-4-9-26(13-18)23(27)15-25-12-20-11-17(2)6-7-21(20)30-22(14-25)19-8-10-31-16-19/h6-8,10-11,16,18,22H,3-5,9,12-15H2,1-2H3. The summed E-state index contributed by atoms with van der Waals surface area (Å²) >= 11 is 1.65. The quantitative estimate of drug-likeness (QED) is 0.660. The van der Waals surface area contributed by atoms with Gasteiger partial charge < -0.3 is 14.4 Å². The number of fused-ring (bicyclic) bond motifs is 1. The molecule has 2 unspecified atom stereocenters. The van der Waals surface area contributed by atoms with Crippen LogP contribution in [0.3, 0.4) is 0 Å². The van der Waals surface area contributed by atoms with Crippen molar-refractivity contribution in [2.45, 2.75) is 39.3 Å². The van der Waals surface area contributed by atoms with Gasteiger partial charge in [0.05, 0.1) is 19.1 Å². The lowest BCUT2D eigenvalue weighted by Gasteiger charge is -2.33. The van der Waals surface area contributed by atoms with Gasteiger partial charge in [-0.05, 0) is 49.6 Å². The van der Waals surface area contributed by atoms with Gasteiger partial charge in [0.1, 0.15) is 11.9 Å². The number of benzene rings is 1. The maximum absolute atomic E-state index is 13.2. The van der Waals surface area contributed by atoms with Gasteiger partial charge in [-0.3, -0.25) is 14.5 Å². The lowest BCUT2D eigenvalue weighted by molar-refractivity contribution is -0.151. The van der Waals surface area contributed by atoms with Gasteiger partial charge in [0.2, 0.25) is 5.91 Å². The zero-order valence-corrected chi connectivity index (χ0v) is 19.0. The summed E-state index contributed by atoms with van der Waals surface area (Å²) < 4.78 is 11.5. The Hall–Kier alpha value is -2.38. The van der Waals surface area contributed by atoms with Crippen LogP contribution >= 0.6 is 11.3 Å². The van der Waals surface area contributed by atoms with Crippen molar-refractivity contribution in [2.24, 2.45) is 5.92 Å². The van der Waals surface area contributed by atoms with Crippen molar-refractivity contribution in [2.75, 3.05) is 32.8 Å². The van der Waals surface area contributed by atoms with E-state index in [4.69, 9.17) is 9.47 Å². The average Bonchev–Trinajstić information content (AvgIpc) is 3.24. The van der Waals surface area contributed by atoms with Crippen LogP contribution in [0.1, 0.15) is 42.6 Å². The van der Waals surface area contributed by atoms with Crippen LogP contribution in [0.5, 0.6) is 5.75 Å². The summed E-state index contributed by atoms with van der Waals surface area (Å²) in [6, 6.07) is 8.32. The molecule has 2 atom stereocenters. The van der Waals surface area contributed by atoms with E-state index in [1.54, 1.807) is 11.3 Å². The number of hydrogen-bond acceptors (Lipinski definition) is 6. The number of thiophene rings is 1. The number of esters is 1. The van der Waals surface area contributed by atoms with Crippen molar-refractivity contribution in [3.05, 3.63) is 51.7 Å². The minimum atomic E-state index is -0.216. The summed E-state index contributed by atoms with van der Waals surface area (Å²) in [4.78, 5) is 29.3. The van der Waals surface area contributed by atoms with E-state index in [2.05, 4.69) is 40.8 Å². The van der Waals surface area contributed by atoms with Crippen molar-refractivity contribution in [1.82, 2.24) is 9.80 Å². The van der Waals surface area contributed by atoms with Gasteiger partial charge in [0.15, 0.2) is 0 Å². The van der Waals surface area contributed by atoms with Gasteiger partial charge >= 0.3 is 5.97 Å². The minimum absolute atomic E-state index is 0.0640. The minimum Gasteiger partial charge on any atom is -0.484 e. The monoisotopic (exact) mass is 442 g/mol.